The Morgan fingerprint density at radius 3 is 1.86 bits per heavy atom. The predicted molar refractivity (Wildman–Crippen MR) is 24.9 cm³/mol. The maximum Gasteiger partial charge on any atom is 0.115 e. The summed E-state index contributed by atoms with van der Waals surface area (Å²) >= 11 is 0. The van der Waals surface area contributed by atoms with Crippen LogP contribution in [-0.2, 0) is 4.89 Å². The largest absolute Gasteiger partial charge is 0.391 e. The molecule has 3 heteroatoms. The van der Waals surface area contributed by atoms with E-state index in [1.54, 1.807) is 13.8 Å². The molecule has 0 heterocycles. The topological polar surface area (TPSA) is 49.7 Å². The fourth-order valence-corrected chi connectivity index (χ4v) is 0.0881. The minimum atomic E-state index is -0.606. The molecular formula is C4H10O3. The van der Waals surface area contributed by atoms with Crippen LogP contribution < -0.4 is 0 Å². The number of aliphatic hydroxyl groups excluding tert-OH is 1. The maximum absolute atomic E-state index is 8.54. The molecule has 0 aliphatic heterocycles. The van der Waals surface area contributed by atoms with Crippen molar-refractivity contribution in [1.82, 2.24) is 0 Å². The number of rotatable bonds is 2. The zero-order valence-electron chi connectivity index (χ0n) is 4.46. The van der Waals surface area contributed by atoms with E-state index < -0.39 is 12.2 Å². The molecule has 0 aromatic heterocycles. The van der Waals surface area contributed by atoms with Crippen molar-refractivity contribution in [3.8, 4) is 0 Å². The minimum Gasteiger partial charge on any atom is -0.391 e. The van der Waals surface area contributed by atoms with Crippen LogP contribution in [0.4, 0.5) is 0 Å². The lowest BCUT2D eigenvalue weighted by Gasteiger charge is -2.08. The van der Waals surface area contributed by atoms with Gasteiger partial charge in [-0.25, -0.2) is 4.89 Å². The summed E-state index contributed by atoms with van der Waals surface area (Å²) in [6.07, 6.45) is -1.09. The SMILES string of the molecule is C[C@H](O)[C@@H](C)OO. The van der Waals surface area contributed by atoms with E-state index in [0.717, 1.165) is 0 Å². The Hall–Kier alpha value is -0.120. The third-order valence-corrected chi connectivity index (χ3v) is 0.846. The van der Waals surface area contributed by atoms with Crippen LogP contribution in [0.1, 0.15) is 13.8 Å². The van der Waals surface area contributed by atoms with Crippen LogP contribution in [0.5, 0.6) is 0 Å². The Kier molecular flexibility index (Phi) is 2.91. The van der Waals surface area contributed by atoms with Gasteiger partial charge in [0, 0.05) is 0 Å². The van der Waals surface area contributed by atoms with Gasteiger partial charge in [-0.2, -0.15) is 0 Å². The molecule has 0 saturated carbocycles. The van der Waals surface area contributed by atoms with Gasteiger partial charge in [-0.1, -0.05) is 0 Å². The Balaban J connectivity index is 3.14. The van der Waals surface area contributed by atoms with Gasteiger partial charge >= 0.3 is 0 Å². The van der Waals surface area contributed by atoms with Gasteiger partial charge < -0.3 is 5.11 Å². The molecule has 0 amide bonds. The minimum absolute atomic E-state index is 0.486. The highest BCUT2D eigenvalue weighted by Gasteiger charge is 2.06. The quantitative estimate of drug-likeness (QED) is 0.391. The standard InChI is InChI=1S/C4H10O3/c1-3(5)4(2)7-6/h3-6H,1-2H3/t3-,4+/m0/s1. The highest BCUT2D eigenvalue weighted by molar-refractivity contribution is 4.52. The normalized spacial score (nSPS) is 18.9. The molecule has 0 aromatic rings. The first-order valence-electron chi connectivity index (χ1n) is 2.16. The van der Waals surface area contributed by atoms with Crippen LogP contribution in [-0.4, -0.2) is 22.6 Å². The first-order chi connectivity index (χ1) is 3.18. The van der Waals surface area contributed by atoms with Crippen LogP contribution in [0.15, 0.2) is 0 Å². The van der Waals surface area contributed by atoms with Gasteiger partial charge in [0.1, 0.15) is 6.10 Å². The Morgan fingerprint density at radius 1 is 1.43 bits per heavy atom. The second kappa shape index (κ2) is 2.96. The highest BCUT2D eigenvalue weighted by atomic mass is 17.1. The zero-order chi connectivity index (χ0) is 5.86. The summed E-state index contributed by atoms with van der Waals surface area (Å²) in [5.41, 5.74) is 0. The molecule has 0 aliphatic rings. The third-order valence-electron chi connectivity index (χ3n) is 0.846. The predicted octanol–water partition coefficient (Wildman–Crippen LogP) is 0.245. The summed E-state index contributed by atoms with van der Waals surface area (Å²) in [6, 6.07) is 0. The van der Waals surface area contributed by atoms with Gasteiger partial charge in [0.15, 0.2) is 0 Å². The van der Waals surface area contributed by atoms with Crippen LogP contribution >= 0.6 is 0 Å². The zero-order valence-corrected chi connectivity index (χ0v) is 4.46. The molecule has 44 valence electrons. The smallest absolute Gasteiger partial charge is 0.115 e. The monoisotopic (exact) mass is 106 g/mol. The van der Waals surface area contributed by atoms with Gasteiger partial charge in [-0.15, -0.1) is 0 Å². The molecule has 0 spiro atoms. The lowest BCUT2D eigenvalue weighted by atomic mass is 10.3. The second-order valence-electron chi connectivity index (χ2n) is 1.55. The van der Waals surface area contributed by atoms with Crippen molar-refractivity contribution in [2.75, 3.05) is 0 Å². The first-order valence-corrected chi connectivity index (χ1v) is 2.16. The summed E-state index contributed by atoms with van der Waals surface area (Å²) in [4.78, 5) is 3.76. The van der Waals surface area contributed by atoms with E-state index in [4.69, 9.17) is 10.4 Å². The lowest BCUT2D eigenvalue weighted by Crippen LogP contribution is -2.20. The Labute approximate surface area is 42.5 Å². The molecule has 0 aromatic carbocycles. The maximum atomic E-state index is 8.54. The van der Waals surface area contributed by atoms with Crippen molar-refractivity contribution < 1.29 is 15.3 Å². The molecule has 7 heavy (non-hydrogen) atoms. The van der Waals surface area contributed by atoms with E-state index in [1.807, 2.05) is 0 Å². The molecule has 2 atom stereocenters. The van der Waals surface area contributed by atoms with E-state index in [0.29, 0.717) is 0 Å². The fraction of sp³-hybridized carbons (Fsp3) is 1.00. The van der Waals surface area contributed by atoms with E-state index >= 15 is 0 Å². The van der Waals surface area contributed by atoms with E-state index in [1.165, 1.54) is 0 Å². The van der Waals surface area contributed by atoms with Gasteiger partial charge in [0.25, 0.3) is 0 Å². The summed E-state index contributed by atoms with van der Waals surface area (Å²) in [7, 11) is 0. The number of hydrogen-bond donors (Lipinski definition) is 2. The molecule has 0 unspecified atom stereocenters. The number of hydrogen-bond acceptors (Lipinski definition) is 3. The summed E-state index contributed by atoms with van der Waals surface area (Å²) in [5.74, 6) is 0. The molecule has 2 N–H and O–H groups in total. The van der Waals surface area contributed by atoms with Crippen molar-refractivity contribution in [3.63, 3.8) is 0 Å². The molecular weight excluding hydrogens is 96.0 g/mol. The number of aliphatic hydroxyl groups is 1. The molecule has 0 bridgehead atoms. The Bertz CT molecular complexity index is 44.2. The van der Waals surface area contributed by atoms with Gasteiger partial charge in [-0.05, 0) is 13.8 Å². The summed E-state index contributed by atoms with van der Waals surface area (Å²) in [5, 5.41) is 16.4. The van der Waals surface area contributed by atoms with Crippen LogP contribution in [0.2, 0.25) is 0 Å². The van der Waals surface area contributed by atoms with Crippen molar-refractivity contribution in [3.05, 3.63) is 0 Å². The van der Waals surface area contributed by atoms with Crippen molar-refractivity contribution >= 4 is 0 Å². The molecule has 3 nitrogen and oxygen atoms in total. The van der Waals surface area contributed by atoms with Gasteiger partial charge in [0.2, 0.25) is 0 Å². The fourth-order valence-electron chi connectivity index (χ4n) is 0.0881. The van der Waals surface area contributed by atoms with Crippen LogP contribution in [0.25, 0.3) is 0 Å². The van der Waals surface area contributed by atoms with Crippen molar-refractivity contribution in [2.24, 2.45) is 0 Å². The highest BCUT2D eigenvalue weighted by Crippen LogP contribution is 1.92. The third kappa shape index (κ3) is 2.56. The summed E-state index contributed by atoms with van der Waals surface area (Å²) in [6.45, 7) is 3.12. The van der Waals surface area contributed by atoms with E-state index in [9.17, 15) is 0 Å². The van der Waals surface area contributed by atoms with E-state index in [-0.39, 0.29) is 0 Å². The molecule has 0 aliphatic carbocycles. The van der Waals surface area contributed by atoms with Crippen LogP contribution in [0.3, 0.4) is 0 Å². The summed E-state index contributed by atoms with van der Waals surface area (Å²) < 4.78 is 0. The second-order valence-corrected chi connectivity index (χ2v) is 1.55. The Morgan fingerprint density at radius 2 is 1.86 bits per heavy atom. The molecule has 0 radical (unpaired) electrons. The lowest BCUT2D eigenvalue weighted by molar-refractivity contribution is -0.289. The van der Waals surface area contributed by atoms with Crippen molar-refractivity contribution in [2.45, 2.75) is 26.1 Å². The first kappa shape index (κ1) is 6.88. The molecule has 0 saturated heterocycles. The average molecular weight is 106 g/mol. The van der Waals surface area contributed by atoms with Gasteiger partial charge in [-0.3, -0.25) is 5.26 Å². The van der Waals surface area contributed by atoms with Crippen LogP contribution in [0, 0.1) is 0 Å². The average Bonchev–Trinajstić information content (AvgIpc) is 1.65. The van der Waals surface area contributed by atoms with Crippen molar-refractivity contribution in [1.29, 1.82) is 0 Å². The molecule has 0 fully saturated rings. The van der Waals surface area contributed by atoms with Gasteiger partial charge in [0.05, 0.1) is 6.10 Å². The van der Waals surface area contributed by atoms with E-state index in [2.05, 4.69) is 4.89 Å². The molecule has 0 rings (SSSR count).